The van der Waals surface area contributed by atoms with Crippen LogP contribution in [0, 0.1) is 0 Å². The van der Waals surface area contributed by atoms with E-state index in [0.29, 0.717) is 13.0 Å². The molecule has 2 nitrogen and oxygen atoms in total. The molecule has 1 N–H and O–H groups in total. The maximum atomic E-state index is 11.1. The van der Waals surface area contributed by atoms with Crippen molar-refractivity contribution in [3.05, 3.63) is 48.0 Å². The Morgan fingerprint density at radius 2 is 2.00 bits per heavy atom. The SMILES string of the molecule is C=Cc1ccc(CNC(=O)CC)cc1C=C. The highest BCUT2D eigenvalue weighted by Crippen LogP contribution is 2.14. The first-order valence-electron chi connectivity index (χ1n) is 5.35. The first-order chi connectivity index (χ1) is 7.71. The lowest BCUT2D eigenvalue weighted by molar-refractivity contribution is -0.120. The van der Waals surface area contributed by atoms with Crippen LogP contribution in [-0.2, 0) is 11.3 Å². The van der Waals surface area contributed by atoms with Gasteiger partial charge in [-0.3, -0.25) is 4.79 Å². The van der Waals surface area contributed by atoms with Crippen LogP contribution >= 0.6 is 0 Å². The summed E-state index contributed by atoms with van der Waals surface area (Å²) in [6.07, 6.45) is 4.10. The van der Waals surface area contributed by atoms with Crippen molar-refractivity contribution in [3.8, 4) is 0 Å². The maximum absolute atomic E-state index is 11.1. The lowest BCUT2D eigenvalue weighted by Gasteiger charge is -2.07. The molecule has 1 rings (SSSR count). The largest absolute Gasteiger partial charge is 0.352 e. The van der Waals surface area contributed by atoms with E-state index in [9.17, 15) is 4.79 Å². The van der Waals surface area contributed by atoms with Crippen LogP contribution in [0.5, 0.6) is 0 Å². The van der Waals surface area contributed by atoms with E-state index in [4.69, 9.17) is 0 Å². The van der Waals surface area contributed by atoms with Crippen molar-refractivity contribution in [2.75, 3.05) is 0 Å². The third-order valence-corrected chi connectivity index (χ3v) is 2.40. The van der Waals surface area contributed by atoms with E-state index in [-0.39, 0.29) is 5.91 Å². The average molecular weight is 215 g/mol. The summed E-state index contributed by atoms with van der Waals surface area (Å²) in [4.78, 5) is 11.1. The molecule has 2 heteroatoms. The normalized spacial score (nSPS) is 9.56. The molecule has 1 amide bonds. The molecule has 0 radical (unpaired) electrons. The van der Waals surface area contributed by atoms with Crippen LogP contribution in [0.1, 0.15) is 30.0 Å². The van der Waals surface area contributed by atoms with E-state index < -0.39 is 0 Å². The number of hydrogen-bond acceptors (Lipinski definition) is 1. The van der Waals surface area contributed by atoms with Crippen molar-refractivity contribution in [1.82, 2.24) is 5.32 Å². The number of benzene rings is 1. The summed E-state index contributed by atoms with van der Waals surface area (Å²) in [5.41, 5.74) is 3.17. The molecule has 0 spiro atoms. The Kier molecular flexibility index (Phi) is 4.52. The van der Waals surface area contributed by atoms with Crippen molar-refractivity contribution in [3.63, 3.8) is 0 Å². The first kappa shape index (κ1) is 12.2. The van der Waals surface area contributed by atoms with Crippen LogP contribution in [-0.4, -0.2) is 5.91 Å². The summed E-state index contributed by atoms with van der Waals surface area (Å²) < 4.78 is 0. The van der Waals surface area contributed by atoms with E-state index >= 15 is 0 Å². The first-order valence-corrected chi connectivity index (χ1v) is 5.35. The van der Waals surface area contributed by atoms with Gasteiger partial charge in [-0.05, 0) is 22.8 Å². The number of carbonyl (C=O) groups excluding carboxylic acids is 1. The number of amides is 1. The third-order valence-electron chi connectivity index (χ3n) is 2.40. The molecule has 16 heavy (non-hydrogen) atoms. The summed E-state index contributed by atoms with van der Waals surface area (Å²) in [7, 11) is 0. The van der Waals surface area contributed by atoms with Gasteiger partial charge in [-0.2, -0.15) is 0 Å². The fourth-order valence-corrected chi connectivity index (χ4v) is 1.42. The van der Waals surface area contributed by atoms with Gasteiger partial charge in [0, 0.05) is 13.0 Å². The number of hydrogen-bond donors (Lipinski definition) is 1. The van der Waals surface area contributed by atoms with E-state index in [1.165, 1.54) is 0 Å². The fourth-order valence-electron chi connectivity index (χ4n) is 1.42. The number of rotatable bonds is 5. The monoisotopic (exact) mass is 215 g/mol. The topological polar surface area (TPSA) is 29.1 Å². The Morgan fingerprint density at radius 3 is 2.56 bits per heavy atom. The number of carbonyl (C=O) groups is 1. The van der Waals surface area contributed by atoms with Crippen molar-refractivity contribution in [1.29, 1.82) is 0 Å². The minimum absolute atomic E-state index is 0.0629. The van der Waals surface area contributed by atoms with Gasteiger partial charge in [-0.25, -0.2) is 0 Å². The van der Waals surface area contributed by atoms with Crippen LogP contribution in [0.4, 0.5) is 0 Å². The zero-order valence-electron chi connectivity index (χ0n) is 9.62. The molecule has 0 aromatic heterocycles. The fraction of sp³-hybridized carbons (Fsp3) is 0.214. The molecule has 0 atom stereocenters. The summed E-state index contributed by atoms with van der Waals surface area (Å²) in [6, 6.07) is 5.98. The van der Waals surface area contributed by atoms with E-state index in [1.807, 2.05) is 25.1 Å². The van der Waals surface area contributed by atoms with Gasteiger partial charge in [0.15, 0.2) is 0 Å². The van der Waals surface area contributed by atoms with Gasteiger partial charge in [0.2, 0.25) is 5.91 Å². The van der Waals surface area contributed by atoms with E-state index in [0.717, 1.165) is 16.7 Å². The second-order valence-corrected chi connectivity index (χ2v) is 3.50. The predicted octanol–water partition coefficient (Wildman–Crippen LogP) is 3.00. The number of nitrogens with one attached hydrogen (secondary N) is 1. The van der Waals surface area contributed by atoms with Crippen molar-refractivity contribution in [2.24, 2.45) is 0 Å². The standard InChI is InChI=1S/C14H17NO/c1-4-12-8-7-11(9-13(12)5-2)10-15-14(16)6-3/h4-5,7-9H,1-2,6,10H2,3H3,(H,15,16). The van der Waals surface area contributed by atoms with Gasteiger partial charge in [0.05, 0.1) is 0 Å². The quantitative estimate of drug-likeness (QED) is 0.803. The smallest absolute Gasteiger partial charge is 0.219 e. The molecule has 1 aromatic rings. The molecular formula is C14H17NO. The van der Waals surface area contributed by atoms with Gasteiger partial charge in [0.1, 0.15) is 0 Å². The Hall–Kier alpha value is -1.83. The molecule has 1 aromatic carbocycles. The van der Waals surface area contributed by atoms with Crippen LogP contribution in [0.3, 0.4) is 0 Å². The van der Waals surface area contributed by atoms with Crippen LogP contribution < -0.4 is 5.32 Å². The molecule has 84 valence electrons. The van der Waals surface area contributed by atoms with Crippen molar-refractivity contribution < 1.29 is 4.79 Å². The molecule has 0 unspecified atom stereocenters. The molecule has 0 saturated carbocycles. The molecular weight excluding hydrogens is 198 g/mol. The maximum Gasteiger partial charge on any atom is 0.219 e. The van der Waals surface area contributed by atoms with Crippen molar-refractivity contribution in [2.45, 2.75) is 19.9 Å². The van der Waals surface area contributed by atoms with Gasteiger partial charge in [-0.1, -0.05) is 44.4 Å². The van der Waals surface area contributed by atoms with Crippen LogP contribution in [0.25, 0.3) is 12.2 Å². The highest BCUT2D eigenvalue weighted by molar-refractivity contribution is 5.75. The molecule has 0 aliphatic carbocycles. The van der Waals surface area contributed by atoms with Gasteiger partial charge < -0.3 is 5.32 Å². The van der Waals surface area contributed by atoms with Gasteiger partial charge >= 0.3 is 0 Å². The van der Waals surface area contributed by atoms with Gasteiger partial charge in [0.25, 0.3) is 0 Å². The zero-order valence-corrected chi connectivity index (χ0v) is 9.62. The Labute approximate surface area is 96.7 Å². The molecule has 0 saturated heterocycles. The minimum atomic E-state index is 0.0629. The summed E-state index contributed by atoms with van der Waals surface area (Å²) in [5.74, 6) is 0.0629. The summed E-state index contributed by atoms with van der Waals surface area (Å²) in [6.45, 7) is 9.90. The lowest BCUT2D eigenvalue weighted by Crippen LogP contribution is -2.21. The lowest BCUT2D eigenvalue weighted by atomic mass is 10.0. The molecule has 0 bridgehead atoms. The van der Waals surface area contributed by atoms with E-state index in [2.05, 4.69) is 18.5 Å². The average Bonchev–Trinajstić information content (AvgIpc) is 2.35. The van der Waals surface area contributed by atoms with Crippen LogP contribution in [0.2, 0.25) is 0 Å². The van der Waals surface area contributed by atoms with E-state index in [1.54, 1.807) is 12.2 Å². The molecule has 0 heterocycles. The molecule has 0 aliphatic heterocycles. The third kappa shape index (κ3) is 3.09. The van der Waals surface area contributed by atoms with Gasteiger partial charge in [-0.15, -0.1) is 0 Å². The predicted molar refractivity (Wildman–Crippen MR) is 68.8 cm³/mol. The molecule has 0 fully saturated rings. The Balaban J connectivity index is 2.79. The second-order valence-electron chi connectivity index (χ2n) is 3.50. The summed E-state index contributed by atoms with van der Waals surface area (Å²) in [5, 5.41) is 2.84. The van der Waals surface area contributed by atoms with Crippen LogP contribution in [0.15, 0.2) is 31.4 Å². The highest BCUT2D eigenvalue weighted by Gasteiger charge is 2.00. The second kappa shape index (κ2) is 5.91. The molecule has 0 aliphatic rings. The summed E-state index contributed by atoms with van der Waals surface area (Å²) >= 11 is 0. The minimum Gasteiger partial charge on any atom is -0.352 e. The zero-order chi connectivity index (χ0) is 12.0. The Morgan fingerprint density at radius 1 is 1.31 bits per heavy atom. The highest BCUT2D eigenvalue weighted by atomic mass is 16.1. The Bertz CT molecular complexity index is 407. The van der Waals surface area contributed by atoms with Crippen molar-refractivity contribution >= 4 is 18.1 Å².